The Balaban J connectivity index is 1.29. The third-order valence-electron chi connectivity index (χ3n) is 6.06. The molecule has 0 aromatic heterocycles. The molecule has 1 atom stereocenters. The van der Waals surface area contributed by atoms with Crippen molar-refractivity contribution in [1.82, 2.24) is 10.2 Å². The first kappa shape index (κ1) is 22.4. The van der Waals surface area contributed by atoms with E-state index in [-0.39, 0.29) is 24.7 Å². The summed E-state index contributed by atoms with van der Waals surface area (Å²) < 4.78 is 10.6. The molecule has 2 aliphatic heterocycles. The number of nitrogens with zero attached hydrogens (tertiary/aromatic N) is 3. The summed E-state index contributed by atoms with van der Waals surface area (Å²) in [5, 5.41) is 2.69. The molecule has 0 bridgehead atoms. The van der Waals surface area contributed by atoms with Gasteiger partial charge in [-0.15, -0.1) is 0 Å². The van der Waals surface area contributed by atoms with Crippen molar-refractivity contribution in [3.8, 4) is 11.5 Å². The highest BCUT2D eigenvalue weighted by Crippen LogP contribution is 2.28. The van der Waals surface area contributed by atoms with E-state index in [0.29, 0.717) is 37.6 Å². The third kappa shape index (κ3) is 4.72. The predicted octanol–water partition coefficient (Wildman–Crippen LogP) is 2.26. The van der Waals surface area contributed by atoms with Crippen LogP contribution >= 0.6 is 0 Å². The summed E-state index contributed by atoms with van der Waals surface area (Å²) in [6, 6.07) is 13.4. The fourth-order valence-electron chi connectivity index (χ4n) is 4.22. The number of anilines is 2. The Morgan fingerprint density at radius 2 is 1.67 bits per heavy atom. The van der Waals surface area contributed by atoms with Crippen molar-refractivity contribution < 1.29 is 23.9 Å². The molecule has 0 radical (unpaired) electrons. The number of amides is 4. The molecule has 2 saturated heterocycles. The van der Waals surface area contributed by atoms with Crippen LogP contribution < -0.4 is 24.6 Å². The van der Waals surface area contributed by atoms with Crippen LogP contribution in [-0.2, 0) is 9.59 Å². The van der Waals surface area contributed by atoms with Gasteiger partial charge in [0.15, 0.2) is 0 Å². The number of urea groups is 1. The van der Waals surface area contributed by atoms with Gasteiger partial charge in [0.05, 0.1) is 25.6 Å². The molecule has 2 aromatic carbocycles. The van der Waals surface area contributed by atoms with Crippen molar-refractivity contribution in [1.29, 1.82) is 0 Å². The van der Waals surface area contributed by atoms with Crippen molar-refractivity contribution in [3.05, 3.63) is 48.5 Å². The fourth-order valence-corrected chi connectivity index (χ4v) is 4.22. The van der Waals surface area contributed by atoms with Gasteiger partial charge in [-0.2, -0.15) is 0 Å². The van der Waals surface area contributed by atoms with Crippen molar-refractivity contribution in [2.24, 2.45) is 0 Å². The van der Waals surface area contributed by atoms with Crippen molar-refractivity contribution in [2.75, 3.05) is 50.2 Å². The standard InChI is InChI=1S/C24H28N4O5/c1-32-18-9-7-17(8-10-18)28-23(30)19(25-24(28)31)11-12-22(29)27-15-13-26(14-16-27)20-5-3-4-6-21(20)33-2/h3-10,19H,11-16H2,1-2H3,(H,25,31)/t19-/m0/s1. The summed E-state index contributed by atoms with van der Waals surface area (Å²) in [7, 11) is 3.20. The summed E-state index contributed by atoms with van der Waals surface area (Å²) >= 11 is 0. The van der Waals surface area contributed by atoms with E-state index >= 15 is 0 Å². The zero-order valence-electron chi connectivity index (χ0n) is 18.8. The molecule has 174 valence electrons. The maximum atomic E-state index is 12.8. The smallest absolute Gasteiger partial charge is 0.329 e. The van der Waals surface area contributed by atoms with Crippen LogP contribution in [0.15, 0.2) is 48.5 Å². The lowest BCUT2D eigenvalue weighted by Gasteiger charge is -2.36. The minimum absolute atomic E-state index is 0.0142. The van der Waals surface area contributed by atoms with Crippen LogP contribution in [0.5, 0.6) is 11.5 Å². The van der Waals surface area contributed by atoms with Crippen molar-refractivity contribution in [2.45, 2.75) is 18.9 Å². The number of rotatable bonds is 7. The van der Waals surface area contributed by atoms with Crippen LogP contribution in [0.1, 0.15) is 12.8 Å². The van der Waals surface area contributed by atoms with E-state index in [1.54, 1.807) is 38.5 Å². The van der Waals surface area contributed by atoms with Gasteiger partial charge in [0.1, 0.15) is 17.5 Å². The number of nitrogens with one attached hydrogen (secondary N) is 1. The molecule has 2 heterocycles. The van der Waals surface area contributed by atoms with E-state index in [4.69, 9.17) is 9.47 Å². The summed E-state index contributed by atoms with van der Waals surface area (Å²) in [6.45, 7) is 2.60. The zero-order chi connectivity index (χ0) is 23.4. The largest absolute Gasteiger partial charge is 0.497 e. The fraction of sp³-hybridized carbons (Fsp3) is 0.375. The maximum absolute atomic E-state index is 12.8. The molecule has 2 aromatic rings. The quantitative estimate of drug-likeness (QED) is 0.648. The van der Waals surface area contributed by atoms with Gasteiger partial charge in [0.2, 0.25) is 5.91 Å². The molecule has 1 N–H and O–H groups in total. The van der Waals surface area contributed by atoms with E-state index in [0.717, 1.165) is 16.3 Å². The van der Waals surface area contributed by atoms with Gasteiger partial charge in [0.25, 0.3) is 5.91 Å². The van der Waals surface area contributed by atoms with Crippen LogP contribution in [0, 0.1) is 0 Å². The molecule has 0 spiro atoms. The summed E-state index contributed by atoms with van der Waals surface area (Å²) in [5.41, 5.74) is 1.49. The first-order valence-electron chi connectivity index (χ1n) is 11.0. The van der Waals surface area contributed by atoms with Crippen LogP contribution in [-0.4, -0.2) is 69.2 Å². The Bertz CT molecular complexity index is 1020. The van der Waals surface area contributed by atoms with Gasteiger partial charge >= 0.3 is 6.03 Å². The Morgan fingerprint density at radius 3 is 2.33 bits per heavy atom. The zero-order valence-corrected chi connectivity index (χ0v) is 18.8. The molecule has 0 saturated carbocycles. The van der Waals surface area contributed by atoms with Gasteiger partial charge < -0.3 is 24.6 Å². The van der Waals surface area contributed by atoms with Gasteiger partial charge in [-0.05, 0) is 42.8 Å². The molecule has 4 amide bonds. The Hall–Kier alpha value is -3.75. The minimum atomic E-state index is -0.710. The molecule has 2 aliphatic rings. The average Bonchev–Trinajstić information content (AvgIpc) is 3.15. The molecule has 9 nitrogen and oxygen atoms in total. The molecule has 33 heavy (non-hydrogen) atoms. The Labute approximate surface area is 192 Å². The van der Waals surface area contributed by atoms with E-state index < -0.39 is 12.1 Å². The highest BCUT2D eigenvalue weighted by Gasteiger charge is 2.39. The monoisotopic (exact) mass is 452 g/mol. The highest BCUT2D eigenvalue weighted by atomic mass is 16.5. The number of hydrogen-bond donors (Lipinski definition) is 1. The minimum Gasteiger partial charge on any atom is -0.497 e. The number of piperazine rings is 1. The van der Waals surface area contributed by atoms with Crippen LogP contribution in [0.3, 0.4) is 0 Å². The van der Waals surface area contributed by atoms with E-state index in [1.807, 2.05) is 29.2 Å². The van der Waals surface area contributed by atoms with Gasteiger partial charge in [-0.1, -0.05) is 12.1 Å². The number of methoxy groups -OCH3 is 2. The second-order valence-corrected chi connectivity index (χ2v) is 7.95. The maximum Gasteiger partial charge on any atom is 0.329 e. The summed E-state index contributed by atoms with van der Waals surface area (Å²) in [4.78, 5) is 43.1. The summed E-state index contributed by atoms with van der Waals surface area (Å²) in [6.07, 6.45) is 0.463. The van der Waals surface area contributed by atoms with E-state index in [1.165, 1.54) is 0 Å². The Kier molecular flexibility index (Phi) is 6.67. The molecule has 0 aliphatic carbocycles. The second kappa shape index (κ2) is 9.81. The number of benzene rings is 2. The molecular formula is C24H28N4O5. The SMILES string of the molecule is COc1ccc(N2C(=O)N[C@@H](CCC(=O)N3CCN(c4ccccc4OC)CC3)C2=O)cc1. The Morgan fingerprint density at radius 1 is 0.970 bits per heavy atom. The molecule has 9 heteroatoms. The van der Waals surface area contributed by atoms with E-state index in [2.05, 4.69) is 10.2 Å². The second-order valence-electron chi connectivity index (χ2n) is 7.95. The van der Waals surface area contributed by atoms with E-state index in [9.17, 15) is 14.4 Å². The lowest BCUT2D eigenvalue weighted by molar-refractivity contribution is -0.131. The predicted molar refractivity (Wildman–Crippen MR) is 124 cm³/mol. The molecule has 0 unspecified atom stereocenters. The lowest BCUT2D eigenvalue weighted by Crippen LogP contribution is -2.49. The van der Waals surface area contributed by atoms with Crippen LogP contribution in [0.25, 0.3) is 0 Å². The van der Waals surface area contributed by atoms with Crippen LogP contribution in [0.2, 0.25) is 0 Å². The highest BCUT2D eigenvalue weighted by molar-refractivity contribution is 6.21. The van der Waals surface area contributed by atoms with Crippen LogP contribution in [0.4, 0.5) is 16.2 Å². The van der Waals surface area contributed by atoms with Gasteiger partial charge in [-0.25, -0.2) is 9.69 Å². The van der Waals surface area contributed by atoms with Gasteiger partial charge in [0, 0.05) is 32.6 Å². The lowest BCUT2D eigenvalue weighted by atomic mass is 10.1. The number of imide groups is 1. The molecule has 2 fully saturated rings. The first-order chi connectivity index (χ1) is 16.0. The normalized spacial score (nSPS) is 18.4. The third-order valence-corrected chi connectivity index (χ3v) is 6.06. The molecule has 4 rings (SSSR count). The van der Waals surface area contributed by atoms with Crippen molar-refractivity contribution in [3.63, 3.8) is 0 Å². The topological polar surface area (TPSA) is 91.4 Å². The summed E-state index contributed by atoms with van der Waals surface area (Å²) in [5.74, 6) is 1.09. The average molecular weight is 453 g/mol. The number of carbonyl (C=O) groups is 3. The number of hydrogen-bond acceptors (Lipinski definition) is 6. The number of carbonyl (C=O) groups excluding carboxylic acids is 3. The first-order valence-corrected chi connectivity index (χ1v) is 11.0. The number of para-hydroxylation sites is 2. The van der Waals surface area contributed by atoms with Crippen molar-refractivity contribution >= 4 is 29.2 Å². The number of ether oxygens (including phenoxy) is 2. The van der Waals surface area contributed by atoms with Gasteiger partial charge in [-0.3, -0.25) is 9.59 Å². The molecular weight excluding hydrogens is 424 g/mol.